The van der Waals surface area contributed by atoms with Gasteiger partial charge in [0.05, 0.1) is 12.7 Å². The summed E-state index contributed by atoms with van der Waals surface area (Å²) < 4.78 is 5.62. The summed E-state index contributed by atoms with van der Waals surface area (Å²) in [5.41, 5.74) is 1.17. The van der Waals surface area contributed by atoms with E-state index in [4.69, 9.17) is 4.74 Å². The fraction of sp³-hybridized carbons (Fsp3) is 0.727. The number of pyridine rings is 1. The molecule has 0 spiro atoms. The number of morpholine rings is 1. The second-order valence-corrected chi connectivity index (χ2v) is 8.56. The molecule has 1 aromatic heterocycles. The molecule has 2 aliphatic rings. The first kappa shape index (κ1) is 20.9. The lowest BCUT2D eigenvalue weighted by atomic mass is 9.83. The van der Waals surface area contributed by atoms with Crippen molar-refractivity contribution in [1.29, 1.82) is 0 Å². The van der Waals surface area contributed by atoms with Gasteiger partial charge < -0.3 is 19.9 Å². The topological polar surface area (TPSA) is 53.0 Å². The highest BCUT2D eigenvalue weighted by Crippen LogP contribution is 2.28. The highest BCUT2D eigenvalue weighted by atomic mass is 16.5. The largest absolute Gasteiger partial charge is 0.375 e. The number of aliphatic imine (C=N–C) groups is 1. The third-order valence-electron chi connectivity index (χ3n) is 6.07. The normalized spacial score (nSPS) is 26.2. The van der Waals surface area contributed by atoms with E-state index in [1.165, 1.54) is 31.2 Å². The summed E-state index contributed by atoms with van der Waals surface area (Å²) in [7, 11) is 4.01. The molecule has 2 fully saturated rings. The summed E-state index contributed by atoms with van der Waals surface area (Å²) in [5.74, 6) is 3.68. The number of hydrogen-bond donors (Lipinski definition) is 1. The molecule has 1 unspecified atom stereocenters. The van der Waals surface area contributed by atoms with Crippen LogP contribution < -0.4 is 10.2 Å². The maximum absolute atomic E-state index is 5.62. The van der Waals surface area contributed by atoms with E-state index in [9.17, 15) is 0 Å². The molecule has 1 aliphatic carbocycles. The first-order valence-corrected chi connectivity index (χ1v) is 10.8. The van der Waals surface area contributed by atoms with Crippen LogP contribution in [0.3, 0.4) is 0 Å². The van der Waals surface area contributed by atoms with Crippen LogP contribution in [0, 0.1) is 11.8 Å². The molecule has 0 aromatic carbocycles. The lowest BCUT2D eigenvalue weighted by molar-refractivity contribution is 0.0529. The van der Waals surface area contributed by atoms with Gasteiger partial charge in [-0.05, 0) is 43.2 Å². The first-order valence-electron chi connectivity index (χ1n) is 10.8. The molecular weight excluding hydrogens is 350 g/mol. The summed E-state index contributed by atoms with van der Waals surface area (Å²) >= 11 is 0. The zero-order chi connectivity index (χ0) is 19.9. The summed E-state index contributed by atoms with van der Waals surface area (Å²) in [4.78, 5) is 13.7. The summed E-state index contributed by atoms with van der Waals surface area (Å²) in [6.07, 6.45) is 7.65. The minimum absolute atomic E-state index is 0.267. The van der Waals surface area contributed by atoms with Crippen LogP contribution in [0.25, 0.3) is 0 Å². The van der Waals surface area contributed by atoms with Crippen LogP contribution in [0.5, 0.6) is 0 Å². The molecule has 3 rings (SSSR count). The number of guanidine groups is 1. The number of ether oxygens (including phenoxy) is 1. The van der Waals surface area contributed by atoms with E-state index in [0.717, 1.165) is 56.4 Å². The van der Waals surface area contributed by atoms with Crippen molar-refractivity contribution in [3.05, 3.63) is 23.9 Å². The van der Waals surface area contributed by atoms with Crippen LogP contribution in [0.15, 0.2) is 23.3 Å². The Labute approximate surface area is 170 Å². The smallest absolute Gasteiger partial charge is 0.193 e. The van der Waals surface area contributed by atoms with E-state index >= 15 is 0 Å². The lowest BCUT2D eigenvalue weighted by Crippen LogP contribution is -2.42. The van der Waals surface area contributed by atoms with E-state index in [1.807, 2.05) is 13.2 Å². The SMILES string of the molecule is CN=C(NCc1ccc(N2CCOC(C)C2)nc1)N(C)CC1CCC(C)CC1. The Morgan fingerprint density at radius 2 is 2.07 bits per heavy atom. The van der Waals surface area contributed by atoms with E-state index < -0.39 is 0 Å². The Kier molecular flexibility index (Phi) is 7.54. The second kappa shape index (κ2) is 10.1. The van der Waals surface area contributed by atoms with Gasteiger partial charge in [0, 0.05) is 46.5 Å². The predicted octanol–water partition coefficient (Wildman–Crippen LogP) is 3.14. The lowest BCUT2D eigenvalue weighted by Gasteiger charge is -2.32. The van der Waals surface area contributed by atoms with E-state index in [0.29, 0.717) is 0 Å². The van der Waals surface area contributed by atoms with Crippen molar-refractivity contribution in [2.24, 2.45) is 16.8 Å². The molecule has 1 saturated heterocycles. The van der Waals surface area contributed by atoms with Crippen LogP contribution in [0.2, 0.25) is 0 Å². The maximum atomic E-state index is 5.62. The number of aromatic nitrogens is 1. The summed E-state index contributed by atoms with van der Waals surface area (Å²) in [6, 6.07) is 4.27. The molecule has 0 bridgehead atoms. The third-order valence-corrected chi connectivity index (χ3v) is 6.07. The zero-order valence-corrected chi connectivity index (χ0v) is 18.0. The Hall–Kier alpha value is -1.82. The third kappa shape index (κ3) is 5.84. The zero-order valence-electron chi connectivity index (χ0n) is 18.0. The second-order valence-electron chi connectivity index (χ2n) is 8.56. The average molecular weight is 388 g/mol. The Bertz CT molecular complexity index is 624. The minimum atomic E-state index is 0.267. The first-order chi connectivity index (χ1) is 13.5. The average Bonchev–Trinajstić information content (AvgIpc) is 2.71. The summed E-state index contributed by atoms with van der Waals surface area (Å²) in [5, 5.41) is 3.49. The van der Waals surface area contributed by atoms with Crippen molar-refractivity contribution in [2.75, 3.05) is 45.2 Å². The predicted molar refractivity (Wildman–Crippen MR) is 116 cm³/mol. The van der Waals surface area contributed by atoms with Gasteiger partial charge >= 0.3 is 0 Å². The number of rotatable bonds is 5. The monoisotopic (exact) mass is 387 g/mol. The quantitative estimate of drug-likeness (QED) is 0.621. The van der Waals surface area contributed by atoms with E-state index in [-0.39, 0.29) is 6.10 Å². The fourth-order valence-corrected chi connectivity index (χ4v) is 4.29. The molecule has 28 heavy (non-hydrogen) atoms. The molecule has 2 heterocycles. The highest BCUT2D eigenvalue weighted by molar-refractivity contribution is 5.79. The number of anilines is 1. The minimum Gasteiger partial charge on any atom is -0.375 e. The van der Waals surface area contributed by atoms with Gasteiger partial charge in [-0.3, -0.25) is 4.99 Å². The molecular formula is C22H37N5O. The van der Waals surface area contributed by atoms with E-state index in [2.05, 4.69) is 58.1 Å². The molecule has 0 radical (unpaired) electrons. The van der Waals surface area contributed by atoms with Crippen molar-refractivity contribution in [2.45, 2.75) is 52.2 Å². The van der Waals surface area contributed by atoms with Crippen molar-refractivity contribution in [1.82, 2.24) is 15.2 Å². The van der Waals surface area contributed by atoms with Crippen LogP contribution in [0.4, 0.5) is 5.82 Å². The molecule has 6 heteroatoms. The maximum Gasteiger partial charge on any atom is 0.193 e. The van der Waals surface area contributed by atoms with Gasteiger partial charge in [0.15, 0.2) is 5.96 Å². The molecule has 156 valence electrons. The highest BCUT2D eigenvalue weighted by Gasteiger charge is 2.21. The van der Waals surface area contributed by atoms with Crippen molar-refractivity contribution in [3.8, 4) is 0 Å². The van der Waals surface area contributed by atoms with Gasteiger partial charge in [0.1, 0.15) is 5.82 Å². The molecule has 1 aromatic rings. The van der Waals surface area contributed by atoms with Gasteiger partial charge in [-0.15, -0.1) is 0 Å². The van der Waals surface area contributed by atoms with Gasteiger partial charge in [-0.25, -0.2) is 4.98 Å². The van der Waals surface area contributed by atoms with Crippen LogP contribution in [-0.2, 0) is 11.3 Å². The van der Waals surface area contributed by atoms with E-state index in [1.54, 1.807) is 0 Å². The molecule has 1 N–H and O–H groups in total. The Balaban J connectivity index is 1.47. The molecule has 1 aliphatic heterocycles. The Morgan fingerprint density at radius 3 is 2.71 bits per heavy atom. The van der Waals surface area contributed by atoms with Crippen LogP contribution in [0.1, 0.15) is 45.1 Å². The molecule has 0 amide bonds. The molecule has 1 saturated carbocycles. The van der Waals surface area contributed by atoms with Crippen LogP contribution in [-0.4, -0.2) is 62.3 Å². The number of nitrogens with zero attached hydrogens (tertiary/aromatic N) is 4. The van der Waals surface area contributed by atoms with Crippen molar-refractivity contribution in [3.63, 3.8) is 0 Å². The van der Waals surface area contributed by atoms with Gasteiger partial charge in [0.2, 0.25) is 0 Å². The number of nitrogens with one attached hydrogen (secondary N) is 1. The number of hydrogen-bond acceptors (Lipinski definition) is 4. The molecule has 1 atom stereocenters. The van der Waals surface area contributed by atoms with Gasteiger partial charge in [-0.2, -0.15) is 0 Å². The van der Waals surface area contributed by atoms with Gasteiger partial charge in [-0.1, -0.05) is 25.8 Å². The van der Waals surface area contributed by atoms with Crippen molar-refractivity contribution >= 4 is 11.8 Å². The Morgan fingerprint density at radius 1 is 1.29 bits per heavy atom. The summed E-state index contributed by atoms with van der Waals surface area (Å²) in [6.45, 7) is 8.90. The van der Waals surface area contributed by atoms with Crippen LogP contribution >= 0.6 is 0 Å². The molecule has 6 nitrogen and oxygen atoms in total. The fourth-order valence-electron chi connectivity index (χ4n) is 4.29. The van der Waals surface area contributed by atoms with Gasteiger partial charge in [0.25, 0.3) is 0 Å². The van der Waals surface area contributed by atoms with Crippen molar-refractivity contribution < 1.29 is 4.74 Å². The standard InChI is InChI=1S/C22H37N5O/c1-17-5-7-19(8-6-17)16-26(4)22(23-3)25-14-20-9-10-21(24-13-20)27-11-12-28-18(2)15-27/h9-10,13,17-19H,5-8,11-12,14-16H2,1-4H3,(H,23,25).